The quantitative estimate of drug-likeness (QED) is 0.620. The number of fused-ring (bicyclic) bond motifs is 1. The van der Waals surface area contributed by atoms with Crippen molar-refractivity contribution in [3.05, 3.63) is 30.6 Å². The Bertz CT molecular complexity index is 1220. The summed E-state index contributed by atoms with van der Waals surface area (Å²) in [5.74, 6) is 4.83. The smallest absolute Gasteiger partial charge is 0.298 e. The SMILES string of the molecule is CC#CC(=O)N1CC2(C1)CC(C)(Oc1nc(-c3cnn(C)c3)cn3ncc(F)c13)C2. The van der Waals surface area contributed by atoms with Gasteiger partial charge >= 0.3 is 0 Å². The first-order valence-corrected chi connectivity index (χ1v) is 9.73. The molecule has 154 valence electrons. The molecular weight excluding hydrogens is 387 g/mol. The molecule has 0 unspecified atom stereocenters. The molecule has 9 heteroatoms. The molecule has 5 rings (SSSR count). The number of carbonyl (C=O) groups excluding carboxylic acids is 1. The van der Waals surface area contributed by atoms with Gasteiger partial charge in [-0.05, 0) is 32.6 Å². The highest BCUT2D eigenvalue weighted by atomic mass is 19.1. The number of likely N-dealkylation sites (tertiary alicyclic amines) is 1. The van der Waals surface area contributed by atoms with Crippen molar-refractivity contribution in [2.75, 3.05) is 13.1 Å². The summed E-state index contributed by atoms with van der Waals surface area (Å²) in [5.41, 5.74) is 1.18. The molecule has 0 N–H and O–H groups in total. The second-order valence-corrected chi connectivity index (χ2v) is 8.56. The van der Waals surface area contributed by atoms with E-state index < -0.39 is 11.4 Å². The van der Waals surface area contributed by atoms with Gasteiger partial charge in [0.15, 0.2) is 11.3 Å². The van der Waals surface area contributed by atoms with E-state index in [-0.39, 0.29) is 22.7 Å². The van der Waals surface area contributed by atoms with Crippen LogP contribution in [0.4, 0.5) is 4.39 Å². The zero-order valence-electron chi connectivity index (χ0n) is 17.0. The predicted octanol–water partition coefficient (Wildman–Crippen LogP) is 2.05. The Morgan fingerprint density at radius 1 is 1.23 bits per heavy atom. The fourth-order valence-corrected chi connectivity index (χ4v) is 4.87. The Morgan fingerprint density at radius 3 is 2.67 bits per heavy atom. The lowest BCUT2D eigenvalue weighted by Gasteiger charge is -2.62. The highest BCUT2D eigenvalue weighted by Gasteiger charge is 2.60. The number of aromatic nitrogens is 5. The van der Waals surface area contributed by atoms with E-state index >= 15 is 0 Å². The molecule has 1 aliphatic carbocycles. The van der Waals surface area contributed by atoms with Crippen LogP contribution in [0, 0.1) is 23.1 Å². The van der Waals surface area contributed by atoms with Gasteiger partial charge < -0.3 is 9.64 Å². The normalized spacial score (nSPS) is 18.5. The highest BCUT2D eigenvalue weighted by Crippen LogP contribution is 2.55. The fraction of sp³-hybridized carbons (Fsp3) is 0.429. The van der Waals surface area contributed by atoms with Crippen molar-refractivity contribution in [1.82, 2.24) is 29.3 Å². The largest absolute Gasteiger partial charge is 0.470 e. The minimum atomic E-state index is -0.483. The maximum Gasteiger partial charge on any atom is 0.298 e. The summed E-state index contributed by atoms with van der Waals surface area (Å²) in [6.07, 6.45) is 7.88. The number of aryl methyl sites for hydroxylation is 1. The van der Waals surface area contributed by atoms with Crippen molar-refractivity contribution in [3.63, 3.8) is 0 Å². The number of hydrogen-bond acceptors (Lipinski definition) is 5. The van der Waals surface area contributed by atoms with Crippen molar-refractivity contribution in [1.29, 1.82) is 0 Å². The zero-order valence-corrected chi connectivity index (χ0v) is 17.0. The first kappa shape index (κ1) is 18.6. The summed E-state index contributed by atoms with van der Waals surface area (Å²) in [5, 5.41) is 8.26. The van der Waals surface area contributed by atoms with Crippen molar-refractivity contribution < 1.29 is 13.9 Å². The predicted molar refractivity (Wildman–Crippen MR) is 106 cm³/mol. The summed E-state index contributed by atoms with van der Waals surface area (Å²) >= 11 is 0. The van der Waals surface area contributed by atoms with Crippen LogP contribution in [-0.2, 0) is 11.8 Å². The second-order valence-electron chi connectivity index (χ2n) is 8.56. The molecule has 1 amide bonds. The Balaban J connectivity index is 1.39. The first-order chi connectivity index (χ1) is 14.3. The van der Waals surface area contributed by atoms with Crippen LogP contribution in [0.15, 0.2) is 24.8 Å². The number of hydrogen-bond donors (Lipinski definition) is 0. The zero-order chi connectivity index (χ0) is 21.1. The van der Waals surface area contributed by atoms with E-state index in [2.05, 4.69) is 27.0 Å². The molecule has 30 heavy (non-hydrogen) atoms. The molecule has 1 spiro atoms. The topological polar surface area (TPSA) is 77.6 Å². The van der Waals surface area contributed by atoms with Crippen molar-refractivity contribution in [3.8, 4) is 29.0 Å². The standard InChI is InChI=1S/C21H21FN6O2/c1-4-5-17(29)27-12-21(13-27)10-20(2,11-21)30-19-18-15(22)7-24-28(18)9-16(25-19)14-6-23-26(3)8-14/h6-9H,10-13H2,1-3H3. The molecular formula is C21H21FN6O2. The lowest BCUT2D eigenvalue weighted by Crippen LogP contribution is -2.69. The van der Waals surface area contributed by atoms with Gasteiger partial charge in [-0.25, -0.2) is 13.9 Å². The summed E-state index contributed by atoms with van der Waals surface area (Å²) in [7, 11) is 1.82. The third kappa shape index (κ3) is 2.91. The Hall–Kier alpha value is -3.41. The molecule has 2 aliphatic rings. The number of ether oxygens (including phenoxy) is 1. The average molecular weight is 408 g/mol. The second kappa shape index (κ2) is 6.29. The van der Waals surface area contributed by atoms with Gasteiger partial charge in [-0.1, -0.05) is 5.92 Å². The van der Waals surface area contributed by atoms with Gasteiger partial charge in [-0.3, -0.25) is 9.48 Å². The van der Waals surface area contributed by atoms with E-state index in [1.165, 1.54) is 4.52 Å². The van der Waals surface area contributed by atoms with Crippen LogP contribution in [0.5, 0.6) is 5.88 Å². The fourth-order valence-electron chi connectivity index (χ4n) is 4.87. The third-order valence-electron chi connectivity index (χ3n) is 5.83. The van der Waals surface area contributed by atoms with Gasteiger partial charge in [-0.2, -0.15) is 10.2 Å². The number of rotatable bonds is 3. The van der Waals surface area contributed by atoms with Crippen molar-refractivity contribution >= 4 is 11.4 Å². The van der Waals surface area contributed by atoms with E-state index in [0.29, 0.717) is 18.8 Å². The van der Waals surface area contributed by atoms with Crippen molar-refractivity contribution in [2.45, 2.75) is 32.3 Å². The lowest BCUT2D eigenvalue weighted by molar-refractivity contribution is -0.177. The van der Waals surface area contributed by atoms with Gasteiger partial charge in [0.25, 0.3) is 5.91 Å². The highest BCUT2D eigenvalue weighted by molar-refractivity contribution is 5.94. The van der Waals surface area contributed by atoms with E-state index in [0.717, 1.165) is 24.6 Å². The van der Waals surface area contributed by atoms with E-state index in [1.807, 2.05) is 20.2 Å². The molecule has 3 aromatic heterocycles. The minimum Gasteiger partial charge on any atom is -0.470 e. The molecule has 1 saturated carbocycles. The number of halogens is 1. The minimum absolute atomic E-state index is 0.0515. The van der Waals surface area contributed by atoms with Gasteiger partial charge in [0.1, 0.15) is 5.60 Å². The Morgan fingerprint density at radius 2 is 2.00 bits per heavy atom. The van der Waals surface area contributed by atoms with E-state index in [1.54, 1.807) is 28.9 Å². The molecule has 3 aromatic rings. The monoisotopic (exact) mass is 408 g/mol. The van der Waals surface area contributed by atoms with Gasteiger partial charge in [0, 0.05) is 37.3 Å². The third-order valence-corrected chi connectivity index (χ3v) is 5.83. The van der Waals surface area contributed by atoms with Crippen molar-refractivity contribution in [2.24, 2.45) is 12.5 Å². The van der Waals surface area contributed by atoms with Crippen LogP contribution in [-0.4, -0.2) is 53.9 Å². The number of nitrogens with zero attached hydrogens (tertiary/aromatic N) is 6. The van der Waals surface area contributed by atoms with Gasteiger partial charge in [0.05, 0.1) is 24.3 Å². The lowest BCUT2D eigenvalue weighted by atomic mass is 9.55. The summed E-state index contributed by atoms with van der Waals surface area (Å²) < 4.78 is 23.8. The first-order valence-electron chi connectivity index (χ1n) is 9.73. The van der Waals surface area contributed by atoms with E-state index in [4.69, 9.17) is 4.74 Å². The molecule has 0 aromatic carbocycles. The maximum absolute atomic E-state index is 14.4. The van der Waals surface area contributed by atoms with Crippen LogP contribution < -0.4 is 4.74 Å². The average Bonchev–Trinajstić information content (AvgIpc) is 3.23. The van der Waals surface area contributed by atoms with Gasteiger partial charge in [-0.15, -0.1) is 0 Å². The Labute approximate surface area is 172 Å². The molecule has 1 saturated heterocycles. The maximum atomic E-state index is 14.4. The summed E-state index contributed by atoms with van der Waals surface area (Å²) in [6, 6.07) is 0. The van der Waals surface area contributed by atoms with Crippen LogP contribution in [0.3, 0.4) is 0 Å². The summed E-state index contributed by atoms with van der Waals surface area (Å²) in [4.78, 5) is 18.2. The molecule has 0 radical (unpaired) electrons. The molecule has 8 nitrogen and oxygen atoms in total. The molecule has 1 aliphatic heterocycles. The van der Waals surface area contributed by atoms with Crippen LogP contribution >= 0.6 is 0 Å². The van der Waals surface area contributed by atoms with Crippen LogP contribution in [0.25, 0.3) is 16.8 Å². The number of carbonyl (C=O) groups is 1. The van der Waals surface area contributed by atoms with Gasteiger partial charge in [0.2, 0.25) is 5.88 Å². The molecule has 0 atom stereocenters. The molecule has 4 heterocycles. The summed E-state index contributed by atoms with van der Waals surface area (Å²) in [6.45, 7) is 5.01. The van der Waals surface area contributed by atoms with Crippen LogP contribution in [0.2, 0.25) is 0 Å². The molecule has 2 fully saturated rings. The molecule has 0 bridgehead atoms. The van der Waals surface area contributed by atoms with E-state index in [9.17, 15) is 9.18 Å². The van der Waals surface area contributed by atoms with Crippen LogP contribution in [0.1, 0.15) is 26.7 Å². The number of amides is 1. The Kier molecular flexibility index (Phi) is 3.90.